The second-order valence-corrected chi connectivity index (χ2v) is 6.85. The first-order chi connectivity index (χ1) is 12.6. The highest BCUT2D eigenvalue weighted by Crippen LogP contribution is 2.22. The SMILES string of the molecule is O=c1c2nnc(SCc3ccccc3)n2ccn1-c1cccc(Cl)c1F. The van der Waals surface area contributed by atoms with Gasteiger partial charge in [-0.15, -0.1) is 10.2 Å². The second kappa shape index (κ2) is 6.93. The first kappa shape index (κ1) is 16.8. The Morgan fingerprint density at radius 3 is 2.65 bits per heavy atom. The number of benzene rings is 2. The van der Waals surface area contributed by atoms with Gasteiger partial charge in [0.2, 0.25) is 5.65 Å². The predicted molar refractivity (Wildman–Crippen MR) is 99.6 cm³/mol. The van der Waals surface area contributed by atoms with Crippen molar-refractivity contribution in [1.29, 1.82) is 0 Å². The first-order valence-corrected chi connectivity index (χ1v) is 9.09. The Bertz CT molecular complexity index is 1140. The molecule has 8 heteroatoms. The van der Waals surface area contributed by atoms with E-state index in [1.54, 1.807) is 16.7 Å². The molecule has 0 amide bonds. The van der Waals surface area contributed by atoms with Crippen LogP contribution in [0.2, 0.25) is 5.02 Å². The minimum Gasteiger partial charge on any atom is -0.277 e. The molecule has 130 valence electrons. The number of fused-ring (bicyclic) bond motifs is 1. The van der Waals surface area contributed by atoms with E-state index in [2.05, 4.69) is 10.2 Å². The third kappa shape index (κ3) is 3.00. The molecule has 0 unspecified atom stereocenters. The van der Waals surface area contributed by atoms with Crippen LogP contribution in [0.5, 0.6) is 0 Å². The summed E-state index contributed by atoms with van der Waals surface area (Å²) in [6.45, 7) is 0. The van der Waals surface area contributed by atoms with E-state index < -0.39 is 11.4 Å². The highest BCUT2D eigenvalue weighted by atomic mass is 35.5. The summed E-state index contributed by atoms with van der Waals surface area (Å²) in [7, 11) is 0. The van der Waals surface area contributed by atoms with Crippen LogP contribution in [0.1, 0.15) is 5.56 Å². The van der Waals surface area contributed by atoms with E-state index in [1.165, 1.54) is 34.7 Å². The minimum atomic E-state index is -0.654. The molecule has 0 aliphatic heterocycles. The molecule has 5 nitrogen and oxygen atoms in total. The van der Waals surface area contributed by atoms with Crippen molar-refractivity contribution in [3.8, 4) is 5.69 Å². The smallest absolute Gasteiger partial charge is 0.277 e. The van der Waals surface area contributed by atoms with Gasteiger partial charge in [-0.05, 0) is 17.7 Å². The van der Waals surface area contributed by atoms with Crippen LogP contribution >= 0.6 is 23.4 Å². The zero-order chi connectivity index (χ0) is 18.1. The van der Waals surface area contributed by atoms with E-state index in [1.807, 2.05) is 30.3 Å². The van der Waals surface area contributed by atoms with Crippen LogP contribution in [0.15, 0.2) is 70.9 Å². The number of rotatable bonds is 4. The lowest BCUT2D eigenvalue weighted by molar-refractivity contribution is 0.616. The first-order valence-electron chi connectivity index (χ1n) is 7.72. The molecule has 0 saturated carbocycles. The molecular formula is C18H12ClFN4OS. The quantitative estimate of drug-likeness (QED) is 0.498. The van der Waals surface area contributed by atoms with Crippen LogP contribution in [0.4, 0.5) is 4.39 Å². The van der Waals surface area contributed by atoms with E-state index >= 15 is 0 Å². The summed E-state index contributed by atoms with van der Waals surface area (Å²) >= 11 is 7.28. The number of nitrogens with zero attached hydrogens (tertiary/aromatic N) is 4. The number of halogens is 2. The Hall–Kier alpha value is -2.64. The van der Waals surface area contributed by atoms with Gasteiger partial charge >= 0.3 is 5.56 Å². The van der Waals surface area contributed by atoms with Crippen molar-refractivity contribution in [2.45, 2.75) is 10.9 Å². The summed E-state index contributed by atoms with van der Waals surface area (Å²) in [5.41, 5.74) is 0.880. The molecule has 0 aliphatic rings. The van der Waals surface area contributed by atoms with Crippen molar-refractivity contribution in [2.24, 2.45) is 0 Å². The van der Waals surface area contributed by atoms with Gasteiger partial charge in [0.25, 0.3) is 0 Å². The normalized spacial score (nSPS) is 11.2. The van der Waals surface area contributed by atoms with Crippen molar-refractivity contribution in [2.75, 3.05) is 0 Å². The molecule has 2 aromatic carbocycles. The fourth-order valence-corrected chi connectivity index (χ4v) is 3.60. The Morgan fingerprint density at radius 1 is 1.04 bits per heavy atom. The fourth-order valence-electron chi connectivity index (χ4n) is 2.55. The molecule has 4 rings (SSSR count). The molecule has 4 aromatic rings. The predicted octanol–water partition coefficient (Wildman–Crippen LogP) is 3.97. The van der Waals surface area contributed by atoms with Gasteiger partial charge in [-0.1, -0.05) is 59.8 Å². The number of hydrogen-bond acceptors (Lipinski definition) is 4. The van der Waals surface area contributed by atoms with Gasteiger partial charge in [0.15, 0.2) is 11.0 Å². The minimum absolute atomic E-state index is 0.0464. The van der Waals surface area contributed by atoms with Crippen molar-refractivity contribution >= 4 is 29.0 Å². The number of hydrogen-bond donors (Lipinski definition) is 0. The Kier molecular flexibility index (Phi) is 4.48. The average Bonchev–Trinajstić information content (AvgIpc) is 3.08. The maximum Gasteiger partial charge on any atom is 0.300 e. The molecule has 2 heterocycles. The molecule has 0 atom stereocenters. The van der Waals surface area contributed by atoms with E-state index in [9.17, 15) is 9.18 Å². The monoisotopic (exact) mass is 386 g/mol. The van der Waals surface area contributed by atoms with E-state index in [0.717, 1.165) is 5.56 Å². The third-order valence-electron chi connectivity index (χ3n) is 3.84. The molecule has 0 N–H and O–H groups in total. The Labute approximate surface area is 157 Å². The zero-order valence-electron chi connectivity index (χ0n) is 13.3. The largest absolute Gasteiger partial charge is 0.300 e. The molecule has 26 heavy (non-hydrogen) atoms. The lowest BCUT2D eigenvalue weighted by Gasteiger charge is -2.08. The number of thioether (sulfide) groups is 1. The van der Waals surface area contributed by atoms with Gasteiger partial charge in [-0.25, -0.2) is 4.39 Å². The number of aromatic nitrogens is 4. The van der Waals surface area contributed by atoms with Crippen molar-refractivity contribution in [1.82, 2.24) is 19.2 Å². The van der Waals surface area contributed by atoms with Crippen molar-refractivity contribution in [3.63, 3.8) is 0 Å². The van der Waals surface area contributed by atoms with Gasteiger partial charge in [0.1, 0.15) is 0 Å². The topological polar surface area (TPSA) is 52.2 Å². The molecule has 0 fully saturated rings. The van der Waals surface area contributed by atoms with Gasteiger partial charge in [0.05, 0.1) is 10.7 Å². The third-order valence-corrected chi connectivity index (χ3v) is 5.15. The van der Waals surface area contributed by atoms with Crippen LogP contribution in [-0.2, 0) is 5.75 Å². The van der Waals surface area contributed by atoms with Crippen molar-refractivity contribution < 1.29 is 4.39 Å². The average molecular weight is 387 g/mol. The van der Waals surface area contributed by atoms with E-state index in [0.29, 0.717) is 10.9 Å². The molecule has 0 aliphatic carbocycles. The standard InChI is InChI=1S/C18H12ClFN4OS/c19-13-7-4-8-14(15(13)20)23-9-10-24-16(17(23)25)21-22-18(24)26-11-12-5-2-1-3-6-12/h1-10H,11H2. The van der Waals surface area contributed by atoms with Crippen LogP contribution in [0, 0.1) is 5.82 Å². The zero-order valence-corrected chi connectivity index (χ0v) is 14.9. The maximum atomic E-state index is 14.2. The molecule has 0 saturated heterocycles. The molecule has 0 bridgehead atoms. The van der Waals surface area contributed by atoms with Gasteiger partial charge < -0.3 is 0 Å². The molecular weight excluding hydrogens is 375 g/mol. The summed E-state index contributed by atoms with van der Waals surface area (Å²) in [5, 5.41) is 8.61. The van der Waals surface area contributed by atoms with E-state index in [4.69, 9.17) is 11.6 Å². The second-order valence-electron chi connectivity index (χ2n) is 5.50. The molecule has 2 aromatic heterocycles. The van der Waals surface area contributed by atoms with E-state index in [-0.39, 0.29) is 16.4 Å². The maximum absolute atomic E-state index is 14.2. The van der Waals surface area contributed by atoms with Gasteiger partial charge in [-0.3, -0.25) is 13.8 Å². The van der Waals surface area contributed by atoms with Crippen LogP contribution in [-0.4, -0.2) is 19.2 Å². The van der Waals surface area contributed by atoms with Crippen molar-refractivity contribution in [3.05, 3.63) is 87.7 Å². The summed E-state index contributed by atoms with van der Waals surface area (Å²) in [6, 6.07) is 14.4. The lowest BCUT2D eigenvalue weighted by atomic mass is 10.2. The molecule has 0 spiro atoms. The fraction of sp³-hybridized carbons (Fsp3) is 0.0556. The Morgan fingerprint density at radius 2 is 1.85 bits per heavy atom. The van der Waals surface area contributed by atoms with Gasteiger partial charge in [0, 0.05) is 18.1 Å². The van der Waals surface area contributed by atoms with Crippen LogP contribution in [0.3, 0.4) is 0 Å². The Balaban J connectivity index is 1.72. The van der Waals surface area contributed by atoms with Gasteiger partial charge in [-0.2, -0.15) is 0 Å². The van der Waals surface area contributed by atoms with Crippen LogP contribution in [0.25, 0.3) is 11.3 Å². The summed E-state index contributed by atoms with van der Waals surface area (Å²) in [6.07, 6.45) is 3.13. The van der Waals surface area contributed by atoms with Crippen LogP contribution < -0.4 is 5.56 Å². The lowest BCUT2D eigenvalue weighted by Crippen LogP contribution is -2.21. The highest BCUT2D eigenvalue weighted by Gasteiger charge is 2.15. The summed E-state index contributed by atoms with van der Waals surface area (Å²) < 4.78 is 17.0. The summed E-state index contributed by atoms with van der Waals surface area (Å²) in [4.78, 5) is 12.7. The highest BCUT2D eigenvalue weighted by molar-refractivity contribution is 7.98. The summed E-state index contributed by atoms with van der Waals surface area (Å²) in [5.74, 6) is 0.0481. The molecule has 0 radical (unpaired) electrons.